The minimum atomic E-state index is -3.15. The van der Waals surface area contributed by atoms with Crippen molar-refractivity contribution in [3.63, 3.8) is 0 Å². The van der Waals surface area contributed by atoms with Gasteiger partial charge < -0.3 is 10.5 Å². The zero-order valence-electron chi connectivity index (χ0n) is 11.6. The van der Waals surface area contributed by atoms with Crippen molar-refractivity contribution in [3.8, 4) is 5.75 Å². The molecule has 18 heavy (non-hydrogen) atoms. The van der Waals surface area contributed by atoms with E-state index < -0.39 is 11.5 Å². The minimum Gasteiger partial charge on any atom is -0.496 e. The van der Waals surface area contributed by atoms with Crippen molar-refractivity contribution in [3.05, 3.63) is 29.3 Å². The molecule has 4 heteroatoms. The number of hydrogen-bond donors (Lipinski definition) is 1. The Bertz CT molecular complexity index is 422. The third kappa shape index (κ3) is 2.64. The first-order valence-corrected chi connectivity index (χ1v) is 5.96. The standard InChI is InChI=1S/C14H21F2NO/c1-9(2)10-6-7-12(18-5)11(8-10)14(15,16)13(3,4)17/h6-9H,17H2,1-5H3. The van der Waals surface area contributed by atoms with Crippen LogP contribution in [0, 0.1) is 0 Å². The second-order valence-corrected chi connectivity index (χ2v) is 5.41. The molecule has 0 spiro atoms. The Morgan fingerprint density at radius 1 is 1.22 bits per heavy atom. The molecule has 1 aromatic rings. The van der Waals surface area contributed by atoms with Crippen LogP contribution in [0.4, 0.5) is 8.78 Å². The van der Waals surface area contributed by atoms with Crippen LogP contribution in [-0.4, -0.2) is 12.6 Å². The summed E-state index contributed by atoms with van der Waals surface area (Å²) in [4.78, 5) is 0. The topological polar surface area (TPSA) is 35.2 Å². The summed E-state index contributed by atoms with van der Waals surface area (Å²) in [6.45, 7) is 6.54. The average molecular weight is 257 g/mol. The molecular formula is C14H21F2NO. The number of halogens is 2. The minimum absolute atomic E-state index is 0.149. The van der Waals surface area contributed by atoms with Gasteiger partial charge in [0.2, 0.25) is 0 Å². The molecule has 0 saturated heterocycles. The molecule has 0 fully saturated rings. The molecule has 2 N–H and O–H groups in total. The first-order chi connectivity index (χ1) is 8.11. The molecule has 0 saturated carbocycles. The third-order valence-electron chi connectivity index (χ3n) is 3.04. The Morgan fingerprint density at radius 3 is 2.17 bits per heavy atom. The van der Waals surface area contributed by atoms with E-state index in [9.17, 15) is 8.78 Å². The van der Waals surface area contributed by atoms with Gasteiger partial charge >= 0.3 is 0 Å². The number of benzene rings is 1. The van der Waals surface area contributed by atoms with Crippen LogP contribution in [0.1, 0.15) is 44.7 Å². The van der Waals surface area contributed by atoms with Crippen LogP contribution in [0.25, 0.3) is 0 Å². The van der Waals surface area contributed by atoms with Crippen LogP contribution in [0.5, 0.6) is 5.75 Å². The molecule has 0 bridgehead atoms. The molecule has 0 unspecified atom stereocenters. The van der Waals surface area contributed by atoms with Gasteiger partial charge in [0, 0.05) is 0 Å². The summed E-state index contributed by atoms with van der Waals surface area (Å²) in [5.74, 6) is -2.81. The molecule has 1 aromatic carbocycles. The second-order valence-electron chi connectivity index (χ2n) is 5.41. The van der Waals surface area contributed by atoms with Crippen molar-refractivity contribution in [2.45, 2.75) is 45.1 Å². The number of rotatable bonds is 4. The summed E-state index contributed by atoms with van der Waals surface area (Å²) in [5.41, 5.74) is 4.64. The molecule has 2 nitrogen and oxygen atoms in total. The second kappa shape index (κ2) is 4.84. The highest BCUT2D eigenvalue weighted by atomic mass is 19.3. The molecule has 0 amide bonds. The Balaban J connectivity index is 3.41. The monoisotopic (exact) mass is 257 g/mol. The lowest BCUT2D eigenvalue weighted by molar-refractivity contribution is -0.0688. The van der Waals surface area contributed by atoms with Gasteiger partial charge in [0.25, 0.3) is 5.92 Å². The summed E-state index contributed by atoms with van der Waals surface area (Å²) < 4.78 is 33.7. The number of methoxy groups -OCH3 is 1. The number of hydrogen-bond acceptors (Lipinski definition) is 2. The van der Waals surface area contributed by atoms with Crippen molar-refractivity contribution < 1.29 is 13.5 Å². The van der Waals surface area contributed by atoms with Gasteiger partial charge in [-0.05, 0) is 37.5 Å². The van der Waals surface area contributed by atoms with Gasteiger partial charge in [-0.15, -0.1) is 0 Å². The largest absolute Gasteiger partial charge is 0.496 e. The summed E-state index contributed by atoms with van der Waals surface area (Å²) >= 11 is 0. The molecule has 0 aliphatic carbocycles. The van der Waals surface area contributed by atoms with Crippen LogP contribution >= 0.6 is 0 Å². The predicted molar refractivity (Wildman–Crippen MR) is 69.2 cm³/mol. The van der Waals surface area contributed by atoms with E-state index >= 15 is 0 Å². The van der Waals surface area contributed by atoms with E-state index in [1.54, 1.807) is 12.1 Å². The predicted octanol–water partition coefficient (Wildman–Crippen LogP) is 3.65. The van der Waals surface area contributed by atoms with Crippen molar-refractivity contribution >= 4 is 0 Å². The summed E-state index contributed by atoms with van der Waals surface area (Å²) in [6.07, 6.45) is 0. The molecular weight excluding hydrogens is 236 g/mol. The lowest BCUT2D eigenvalue weighted by Gasteiger charge is -2.32. The number of alkyl halides is 2. The lowest BCUT2D eigenvalue weighted by atomic mass is 9.88. The van der Waals surface area contributed by atoms with Crippen LogP contribution in [0.2, 0.25) is 0 Å². The van der Waals surface area contributed by atoms with Gasteiger partial charge in [-0.2, -0.15) is 8.78 Å². The van der Waals surface area contributed by atoms with Crippen molar-refractivity contribution in [1.29, 1.82) is 0 Å². The maximum absolute atomic E-state index is 14.3. The normalized spacial score (nSPS) is 12.9. The first-order valence-electron chi connectivity index (χ1n) is 5.96. The maximum Gasteiger partial charge on any atom is 0.293 e. The summed E-state index contributed by atoms with van der Waals surface area (Å²) in [7, 11) is 1.38. The highest BCUT2D eigenvalue weighted by Crippen LogP contribution is 2.42. The van der Waals surface area contributed by atoms with Crippen LogP contribution in [0.3, 0.4) is 0 Å². The zero-order valence-corrected chi connectivity index (χ0v) is 11.6. The Hall–Kier alpha value is -1.16. The molecule has 0 aliphatic heterocycles. The Labute approximate surface area is 107 Å². The van der Waals surface area contributed by atoms with Gasteiger partial charge in [-0.25, -0.2) is 0 Å². The molecule has 0 heterocycles. The smallest absolute Gasteiger partial charge is 0.293 e. The SMILES string of the molecule is COc1ccc(C(C)C)cc1C(F)(F)C(C)(C)N. The summed E-state index contributed by atoms with van der Waals surface area (Å²) in [6, 6.07) is 4.86. The third-order valence-corrected chi connectivity index (χ3v) is 3.04. The fourth-order valence-corrected chi connectivity index (χ4v) is 1.68. The van der Waals surface area contributed by atoms with Gasteiger partial charge in [-0.1, -0.05) is 19.9 Å². The molecule has 0 radical (unpaired) electrons. The fourth-order valence-electron chi connectivity index (χ4n) is 1.68. The quantitative estimate of drug-likeness (QED) is 0.893. The van der Waals surface area contributed by atoms with E-state index in [-0.39, 0.29) is 17.2 Å². The van der Waals surface area contributed by atoms with Gasteiger partial charge in [0.15, 0.2) is 0 Å². The van der Waals surface area contributed by atoms with E-state index in [1.807, 2.05) is 13.8 Å². The molecule has 102 valence electrons. The first kappa shape index (κ1) is 14.9. The van der Waals surface area contributed by atoms with Crippen molar-refractivity contribution in [2.24, 2.45) is 5.73 Å². The van der Waals surface area contributed by atoms with E-state index in [4.69, 9.17) is 10.5 Å². The van der Waals surface area contributed by atoms with Crippen LogP contribution in [0.15, 0.2) is 18.2 Å². The lowest BCUT2D eigenvalue weighted by Crippen LogP contribution is -2.48. The molecule has 0 aromatic heterocycles. The number of ether oxygens (including phenoxy) is 1. The van der Waals surface area contributed by atoms with Crippen molar-refractivity contribution in [2.75, 3.05) is 7.11 Å². The number of nitrogens with two attached hydrogens (primary N) is 1. The highest BCUT2D eigenvalue weighted by molar-refractivity contribution is 5.42. The zero-order chi connectivity index (χ0) is 14.1. The van der Waals surface area contributed by atoms with E-state index in [0.29, 0.717) is 0 Å². The van der Waals surface area contributed by atoms with Crippen LogP contribution < -0.4 is 10.5 Å². The van der Waals surface area contributed by atoms with E-state index in [0.717, 1.165) is 5.56 Å². The van der Waals surface area contributed by atoms with E-state index in [1.165, 1.54) is 27.0 Å². The molecule has 0 atom stereocenters. The molecule has 0 aliphatic rings. The van der Waals surface area contributed by atoms with E-state index in [2.05, 4.69) is 0 Å². The molecule has 1 rings (SSSR count). The van der Waals surface area contributed by atoms with Crippen LogP contribution in [-0.2, 0) is 5.92 Å². The van der Waals surface area contributed by atoms with Crippen molar-refractivity contribution in [1.82, 2.24) is 0 Å². The highest BCUT2D eigenvalue weighted by Gasteiger charge is 2.47. The maximum atomic E-state index is 14.3. The summed E-state index contributed by atoms with van der Waals surface area (Å²) in [5, 5.41) is 0. The fraction of sp³-hybridized carbons (Fsp3) is 0.571. The Morgan fingerprint density at radius 2 is 1.78 bits per heavy atom. The van der Waals surface area contributed by atoms with Gasteiger partial charge in [0.1, 0.15) is 5.75 Å². The van der Waals surface area contributed by atoms with Gasteiger partial charge in [0.05, 0.1) is 18.2 Å². The average Bonchev–Trinajstić information content (AvgIpc) is 2.26. The van der Waals surface area contributed by atoms with Gasteiger partial charge in [-0.3, -0.25) is 0 Å². The Kier molecular flexibility index (Phi) is 4.01.